The number of halogens is 3. The van der Waals surface area contributed by atoms with Crippen molar-refractivity contribution >= 4 is 17.6 Å². The second-order valence-electron chi connectivity index (χ2n) is 4.58. The van der Waals surface area contributed by atoms with Gasteiger partial charge in [-0.15, -0.1) is 0 Å². The lowest BCUT2D eigenvalue weighted by molar-refractivity contribution is -0.189. The van der Waals surface area contributed by atoms with E-state index >= 15 is 0 Å². The number of amides is 1. The summed E-state index contributed by atoms with van der Waals surface area (Å²) in [6, 6.07) is 0. The lowest BCUT2D eigenvalue weighted by atomic mass is 9.87. The number of likely N-dealkylation sites (tertiary alicyclic amines) is 1. The van der Waals surface area contributed by atoms with Crippen molar-refractivity contribution in [1.82, 2.24) is 4.90 Å². The summed E-state index contributed by atoms with van der Waals surface area (Å²) < 4.78 is 36.7. The van der Waals surface area contributed by atoms with E-state index in [1.807, 2.05) is 0 Å². The van der Waals surface area contributed by atoms with E-state index in [1.165, 1.54) is 0 Å². The maximum Gasteiger partial charge on any atom is 0.471 e. The SMILES string of the molecule is O=C(O)C1=NOC2(CCN(C(=O)C(F)(F)F)CC2)C1. The molecule has 0 bridgehead atoms. The summed E-state index contributed by atoms with van der Waals surface area (Å²) in [6.45, 7) is -0.248. The van der Waals surface area contributed by atoms with Crippen LogP contribution in [0.2, 0.25) is 0 Å². The van der Waals surface area contributed by atoms with Crippen LogP contribution in [-0.4, -0.2) is 52.5 Å². The number of nitrogens with zero attached hydrogens (tertiary/aromatic N) is 2. The van der Waals surface area contributed by atoms with Gasteiger partial charge in [-0.2, -0.15) is 13.2 Å². The highest BCUT2D eigenvalue weighted by Crippen LogP contribution is 2.35. The number of hydrogen-bond donors (Lipinski definition) is 1. The van der Waals surface area contributed by atoms with Gasteiger partial charge in [0.1, 0.15) is 5.60 Å². The summed E-state index contributed by atoms with van der Waals surface area (Å²) >= 11 is 0. The minimum atomic E-state index is -4.89. The highest BCUT2D eigenvalue weighted by molar-refractivity contribution is 6.36. The van der Waals surface area contributed by atoms with Crippen LogP contribution in [0.25, 0.3) is 0 Å². The third-order valence-corrected chi connectivity index (χ3v) is 3.29. The zero-order chi connectivity index (χ0) is 14.3. The highest BCUT2D eigenvalue weighted by atomic mass is 19.4. The number of carbonyl (C=O) groups is 2. The fourth-order valence-corrected chi connectivity index (χ4v) is 2.20. The number of alkyl halides is 3. The Labute approximate surface area is 105 Å². The van der Waals surface area contributed by atoms with Crippen LogP contribution in [0.1, 0.15) is 19.3 Å². The van der Waals surface area contributed by atoms with Gasteiger partial charge in [-0.3, -0.25) is 4.79 Å². The van der Waals surface area contributed by atoms with Crippen LogP contribution in [-0.2, 0) is 14.4 Å². The van der Waals surface area contributed by atoms with Crippen LogP contribution < -0.4 is 0 Å². The third-order valence-electron chi connectivity index (χ3n) is 3.29. The smallest absolute Gasteiger partial charge is 0.471 e. The molecule has 2 rings (SSSR count). The van der Waals surface area contributed by atoms with Crippen molar-refractivity contribution in [1.29, 1.82) is 0 Å². The van der Waals surface area contributed by atoms with Gasteiger partial charge in [0.25, 0.3) is 0 Å². The van der Waals surface area contributed by atoms with Gasteiger partial charge in [0.2, 0.25) is 0 Å². The van der Waals surface area contributed by atoms with Gasteiger partial charge in [-0.1, -0.05) is 5.16 Å². The first-order valence-electron chi connectivity index (χ1n) is 5.58. The quantitative estimate of drug-likeness (QED) is 0.769. The molecule has 2 aliphatic heterocycles. The largest absolute Gasteiger partial charge is 0.477 e. The summed E-state index contributed by atoms with van der Waals surface area (Å²) in [6.07, 6.45) is -4.57. The Morgan fingerprint density at radius 2 is 1.89 bits per heavy atom. The molecule has 1 amide bonds. The van der Waals surface area contributed by atoms with E-state index in [-0.39, 0.29) is 38.1 Å². The van der Waals surface area contributed by atoms with E-state index in [4.69, 9.17) is 9.94 Å². The van der Waals surface area contributed by atoms with Gasteiger partial charge in [0.05, 0.1) is 0 Å². The maximum absolute atomic E-state index is 12.2. The third kappa shape index (κ3) is 2.64. The van der Waals surface area contributed by atoms with Gasteiger partial charge in [0, 0.05) is 32.4 Å². The molecule has 1 saturated heterocycles. The minimum absolute atomic E-state index is 0.0520. The van der Waals surface area contributed by atoms with Crippen molar-refractivity contribution in [2.45, 2.75) is 31.0 Å². The van der Waals surface area contributed by atoms with Crippen molar-refractivity contribution in [2.24, 2.45) is 5.16 Å². The number of carbonyl (C=O) groups excluding carboxylic acids is 1. The van der Waals surface area contributed by atoms with Gasteiger partial charge in [0.15, 0.2) is 5.71 Å². The van der Waals surface area contributed by atoms with E-state index in [9.17, 15) is 22.8 Å². The Bertz CT molecular complexity index is 439. The number of piperidine rings is 1. The van der Waals surface area contributed by atoms with Crippen LogP contribution >= 0.6 is 0 Å². The molecule has 1 fully saturated rings. The Morgan fingerprint density at radius 1 is 1.32 bits per heavy atom. The first-order chi connectivity index (χ1) is 8.73. The van der Waals surface area contributed by atoms with E-state index in [0.29, 0.717) is 4.90 Å². The number of oxime groups is 1. The average molecular weight is 280 g/mol. The van der Waals surface area contributed by atoms with Crippen LogP contribution in [0.5, 0.6) is 0 Å². The predicted octanol–water partition coefficient (Wildman–Crippen LogP) is 0.771. The molecule has 0 unspecified atom stereocenters. The molecule has 1 spiro atoms. The van der Waals surface area contributed by atoms with E-state index in [1.54, 1.807) is 0 Å². The van der Waals surface area contributed by atoms with Crippen molar-refractivity contribution < 1.29 is 32.7 Å². The summed E-state index contributed by atoms with van der Waals surface area (Å²) in [5.41, 5.74) is -1.02. The predicted molar refractivity (Wildman–Crippen MR) is 55.4 cm³/mol. The molecule has 0 radical (unpaired) electrons. The molecular weight excluding hydrogens is 269 g/mol. The van der Waals surface area contributed by atoms with Gasteiger partial charge in [-0.25, -0.2) is 4.79 Å². The maximum atomic E-state index is 12.2. The molecular formula is C10H11F3N2O4. The van der Waals surface area contributed by atoms with E-state index < -0.39 is 23.7 Å². The van der Waals surface area contributed by atoms with Crippen molar-refractivity contribution in [3.05, 3.63) is 0 Å². The first kappa shape index (κ1) is 13.6. The molecule has 19 heavy (non-hydrogen) atoms. The molecule has 0 aromatic rings. The summed E-state index contributed by atoms with van der Waals surface area (Å²) in [5, 5.41) is 12.2. The molecule has 6 nitrogen and oxygen atoms in total. The Kier molecular flexibility index (Phi) is 3.15. The molecule has 0 aromatic carbocycles. The number of carboxylic acid groups (broad SMARTS) is 1. The summed E-state index contributed by atoms with van der Waals surface area (Å²) in [5.74, 6) is -3.08. The van der Waals surface area contributed by atoms with E-state index in [2.05, 4.69) is 5.16 Å². The number of aliphatic carboxylic acids is 1. The topological polar surface area (TPSA) is 79.2 Å². The Morgan fingerprint density at radius 3 is 2.32 bits per heavy atom. The van der Waals surface area contributed by atoms with Crippen LogP contribution in [0, 0.1) is 0 Å². The first-order valence-corrected chi connectivity index (χ1v) is 5.58. The van der Waals surface area contributed by atoms with Gasteiger partial charge < -0.3 is 14.8 Å². The van der Waals surface area contributed by atoms with Crippen molar-refractivity contribution in [3.63, 3.8) is 0 Å². The minimum Gasteiger partial charge on any atom is -0.477 e. The standard InChI is InChI=1S/C10H11F3N2O4/c11-10(12,13)8(18)15-3-1-9(2-4-15)5-6(7(16)17)14-19-9/h1-5H2,(H,16,17). The number of carboxylic acids is 1. The molecule has 0 aliphatic carbocycles. The van der Waals surface area contributed by atoms with Crippen molar-refractivity contribution in [2.75, 3.05) is 13.1 Å². The second-order valence-corrected chi connectivity index (χ2v) is 4.58. The molecule has 1 N–H and O–H groups in total. The van der Waals surface area contributed by atoms with Crippen LogP contribution in [0.4, 0.5) is 13.2 Å². The Hall–Kier alpha value is -1.80. The molecule has 2 aliphatic rings. The molecule has 2 heterocycles. The lowest BCUT2D eigenvalue weighted by Crippen LogP contribution is -2.50. The fraction of sp³-hybridized carbons (Fsp3) is 0.700. The van der Waals surface area contributed by atoms with Crippen LogP contribution in [0.15, 0.2) is 5.16 Å². The molecule has 9 heteroatoms. The number of hydrogen-bond acceptors (Lipinski definition) is 4. The normalized spacial score (nSPS) is 22.1. The van der Waals surface area contributed by atoms with Crippen molar-refractivity contribution in [3.8, 4) is 0 Å². The molecule has 106 valence electrons. The summed E-state index contributed by atoms with van der Waals surface area (Å²) in [4.78, 5) is 27.5. The monoisotopic (exact) mass is 280 g/mol. The average Bonchev–Trinajstić information content (AvgIpc) is 2.73. The summed E-state index contributed by atoms with van der Waals surface area (Å²) in [7, 11) is 0. The van der Waals surface area contributed by atoms with Gasteiger partial charge >= 0.3 is 18.1 Å². The Balaban J connectivity index is 1.94. The molecule has 0 aromatic heterocycles. The second kappa shape index (κ2) is 4.39. The van der Waals surface area contributed by atoms with Gasteiger partial charge in [-0.05, 0) is 0 Å². The van der Waals surface area contributed by atoms with E-state index in [0.717, 1.165) is 0 Å². The molecule has 0 atom stereocenters. The zero-order valence-corrected chi connectivity index (χ0v) is 9.74. The number of rotatable bonds is 1. The zero-order valence-electron chi connectivity index (χ0n) is 9.74. The molecule has 0 saturated carbocycles. The fourth-order valence-electron chi connectivity index (χ4n) is 2.20. The lowest BCUT2D eigenvalue weighted by Gasteiger charge is -2.37. The highest BCUT2D eigenvalue weighted by Gasteiger charge is 2.48. The van der Waals surface area contributed by atoms with Crippen LogP contribution in [0.3, 0.4) is 0 Å².